The van der Waals surface area contributed by atoms with Gasteiger partial charge in [-0.2, -0.15) is 10.2 Å². The van der Waals surface area contributed by atoms with Gasteiger partial charge in [0.1, 0.15) is 29.5 Å². The van der Waals surface area contributed by atoms with E-state index in [1.54, 1.807) is 113 Å². The maximum atomic E-state index is 13.5. The lowest BCUT2D eigenvalue weighted by molar-refractivity contribution is -0.112. The molecule has 0 bridgehead atoms. The van der Waals surface area contributed by atoms with Crippen LogP contribution in [0, 0.1) is 23.7 Å². The minimum atomic E-state index is -1.19. The Morgan fingerprint density at radius 2 is 1.11 bits per heavy atom. The first-order chi connectivity index (χ1) is 36.6. The fraction of sp³-hybridized carbons (Fsp3) is 0.103. The number of carbonyl (C=O) groups is 6. The number of para-hydroxylation sites is 1. The average Bonchev–Trinajstić information content (AvgIpc) is 3.95. The van der Waals surface area contributed by atoms with E-state index in [0.29, 0.717) is 67.5 Å². The SMILES string of the molecule is CC(OC(=O)Nc1c(-c2ccc(C#CC(=O)Nc3cccc(C(=O)O)c3)cc2)cnn1C)c1ccc(-c2nn(C)c(NC(=O)OC(C)c3ccccc3)c2-c2ccc(C#CC(=O)Nc3ccccc3C(=O)O)cc2)cc1. The quantitative estimate of drug-likeness (QED) is 0.0591. The molecule has 0 aliphatic carbocycles. The van der Waals surface area contributed by atoms with E-state index in [0.717, 1.165) is 5.56 Å². The summed E-state index contributed by atoms with van der Waals surface area (Å²) < 4.78 is 14.6. The Labute approximate surface area is 435 Å². The van der Waals surface area contributed by atoms with Crippen LogP contribution in [0.2, 0.25) is 0 Å². The number of hydrogen-bond donors (Lipinski definition) is 6. The highest BCUT2D eigenvalue weighted by Crippen LogP contribution is 2.39. The number of rotatable bonds is 13. The molecule has 2 heterocycles. The van der Waals surface area contributed by atoms with Gasteiger partial charge < -0.3 is 30.3 Å². The van der Waals surface area contributed by atoms with Crippen LogP contribution in [0.3, 0.4) is 0 Å². The highest BCUT2D eigenvalue weighted by Gasteiger charge is 2.24. The minimum Gasteiger partial charge on any atom is -0.478 e. The molecular weight excluding hydrogens is 969 g/mol. The van der Waals surface area contributed by atoms with E-state index in [4.69, 9.17) is 14.6 Å². The fourth-order valence-electron chi connectivity index (χ4n) is 7.82. The number of ether oxygens (including phenoxy) is 2. The second kappa shape index (κ2) is 23.2. The van der Waals surface area contributed by atoms with Crippen molar-refractivity contribution in [1.29, 1.82) is 0 Å². The molecule has 6 N–H and O–H groups in total. The molecule has 18 nitrogen and oxygen atoms in total. The molecule has 18 heteroatoms. The van der Waals surface area contributed by atoms with Gasteiger partial charge in [0, 0.05) is 53.9 Å². The van der Waals surface area contributed by atoms with Crippen LogP contribution in [-0.4, -0.2) is 65.7 Å². The van der Waals surface area contributed by atoms with Crippen molar-refractivity contribution in [3.63, 3.8) is 0 Å². The minimum absolute atomic E-state index is 0.0291. The van der Waals surface area contributed by atoms with Crippen LogP contribution in [0.15, 0.2) is 158 Å². The molecule has 2 atom stereocenters. The molecule has 6 aromatic carbocycles. The standard InChI is InChI=1S/C58H46N8O10/c1-35(39-11-6-5-7-12-39)75-58(74)63-54-51(42-25-19-38(20-26-42)22-32-50(68)61-48-16-9-8-15-46(48)56(71)72)52(64-66(54)4)43-29-27-40(28-30-43)36(2)76-57(73)62-53-47(34-59-65(53)3)41-23-17-37(18-24-41)21-31-49(67)60-45-14-10-13-44(33-45)55(69)70/h5-20,23-30,33-36H,1-4H3,(H,60,67)(H,61,68)(H,62,73)(H,63,74)(H,69,70)(H,71,72). The Bertz CT molecular complexity index is 3640. The fourth-order valence-corrected chi connectivity index (χ4v) is 7.82. The van der Waals surface area contributed by atoms with Gasteiger partial charge in [0.2, 0.25) is 0 Å². The summed E-state index contributed by atoms with van der Waals surface area (Å²) in [4.78, 5) is 75.0. The van der Waals surface area contributed by atoms with Gasteiger partial charge in [0.15, 0.2) is 0 Å². The van der Waals surface area contributed by atoms with Crippen LogP contribution < -0.4 is 21.3 Å². The Morgan fingerprint density at radius 3 is 1.72 bits per heavy atom. The third-order valence-electron chi connectivity index (χ3n) is 11.7. The van der Waals surface area contributed by atoms with Gasteiger partial charge in [-0.3, -0.25) is 29.6 Å². The van der Waals surface area contributed by atoms with Crippen LogP contribution in [0.1, 0.15) is 69.0 Å². The zero-order chi connectivity index (χ0) is 53.9. The summed E-state index contributed by atoms with van der Waals surface area (Å²) in [5, 5.41) is 38.6. The summed E-state index contributed by atoms with van der Waals surface area (Å²) in [6, 6.07) is 42.3. The summed E-state index contributed by atoms with van der Waals surface area (Å²) in [5.74, 6) is 7.67. The first-order valence-corrected chi connectivity index (χ1v) is 23.3. The third kappa shape index (κ3) is 12.7. The van der Waals surface area contributed by atoms with Crippen LogP contribution in [0.4, 0.5) is 32.6 Å². The Hall–Kier alpha value is -10.7. The summed E-state index contributed by atoms with van der Waals surface area (Å²) >= 11 is 0. The van der Waals surface area contributed by atoms with E-state index in [1.165, 1.54) is 39.7 Å². The van der Waals surface area contributed by atoms with E-state index >= 15 is 0 Å². The van der Waals surface area contributed by atoms with Crippen molar-refractivity contribution >= 4 is 58.9 Å². The molecule has 8 rings (SSSR count). The first kappa shape index (κ1) is 51.6. The average molecular weight is 1020 g/mol. The molecule has 4 amide bonds. The molecule has 2 unspecified atom stereocenters. The van der Waals surface area contributed by atoms with Crippen molar-refractivity contribution in [1.82, 2.24) is 19.6 Å². The van der Waals surface area contributed by atoms with Crippen molar-refractivity contribution in [3.8, 4) is 57.2 Å². The maximum Gasteiger partial charge on any atom is 0.413 e. The number of aromatic nitrogens is 4. The lowest BCUT2D eigenvalue weighted by Gasteiger charge is -2.16. The predicted octanol–water partition coefficient (Wildman–Crippen LogP) is 10.2. The van der Waals surface area contributed by atoms with Crippen molar-refractivity contribution in [2.45, 2.75) is 26.1 Å². The van der Waals surface area contributed by atoms with Crippen LogP contribution in [-0.2, 0) is 33.2 Å². The summed E-state index contributed by atoms with van der Waals surface area (Å²) in [7, 11) is 3.35. The number of hydrogen-bond acceptors (Lipinski definition) is 10. The first-order valence-electron chi connectivity index (χ1n) is 23.3. The molecule has 0 saturated heterocycles. The lowest BCUT2D eigenvalue weighted by atomic mass is 9.98. The van der Waals surface area contributed by atoms with E-state index in [2.05, 4.69) is 50.0 Å². The van der Waals surface area contributed by atoms with Crippen molar-refractivity contribution in [2.24, 2.45) is 14.1 Å². The van der Waals surface area contributed by atoms with Gasteiger partial charge in [0.05, 0.1) is 28.6 Å². The monoisotopic (exact) mass is 1010 g/mol. The number of benzene rings is 6. The zero-order valence-electron chi connectivity index (χ0n) is 41.1. The number of nitrogens with one attached hydrogen (secondary N) is 4. The molecular formula is C58H46N8O10. The second-order valence-electron chi connectivity index (χ2n) is 16.9. The van der Waals surface area contributed by atoms with Crippen LogP contribution >= 0.6 is 0 Å². The molecule has 76 heavy (non-hydrogen) atoms. The number of anilines is 4. The summed E-state index contributed by atoms with van der Waals surface area (Å²) in [6.07, 6.45) is -1.14. The van der Waals surface area contributed by atoms with Crippen molar-refractivity contribution in [3.05, 3.63) is 191 Å². The largest absolute Gasteiger partial charge is 0.478 e. The van der Waals surface area contributed by atoms with Gasteiger partial charge >= 0.3 is 35.9 Å². The Kier molecular flexibility index (Phi) is 15.8. The predicted molar refractivity (Wildman–Crippen MR) is 284 cm³/mol. The maximum absolute atomic E-state index is 13.5. The molecule has 0 aliphatic rings. The molecule has 0 saturated carbocycles. The normalized spacial score (nSPS) is 11.3. The molecule has 2 aromatic heterocycles. The molecule has 0 spiro atoms. The van der Waals surface area contributed by atoms with Gasteiger partial charge in [-0.25, -0.2) is 19.2 Å². The lowest BCUT2D eigenvalue weighted by Crippen LogP contribution is -2.18. The molecule has 8 aromatic rings. The number of carboxylic acid groups (broad SMARTS) is 2. The number of nitrogens with zero attached hydrogens (tertiary/aromatic N) is 4. The van der Waals surface area contributed by atoms with Crippen molar-refractivity contribution < 1.29 is 48.5 Å². The van der Waals surface area contributed by atoms with E-state index in [9.17, 15) is 39.0 Å². The number of carboxylic acids is 2. The smallest absolute Gasteiger partial charge is 0.413 e. The van der Waals surface area contributed by atoms with E-state index < -0.39 is 48.1 Å². The zero-order valence-corrected chi connectivity index (χ0v) is 41.1. The van der Waals surface area contributed by atoms with Crippen LogP contribution in [0.25, 0.3) is 33.5 Å². The number of amides is 4. The Balaban J connectivity index is 0.963. The van der Waals surface area contributed by atoms with Crippen molar-refractivity contribution in [2.75, 3.05) is 21.3 Å². The summed E-state index contributed by atoms with van der Waals surface area (Å²) in [5.41, 5.74) is 6.49. The second-order valence-corrected chi connectivity index (χ2v) is 16.9. The third-order valence-corrected chi connectivity index (χ3v) is 11.7. The number of aromatic carboxylic acids is 2. The topological polar surface area (TPSA) is 245 Å². The van der Waals surface area contributed by atoms with Gasteiger partial charge in [-0.1, -0.05) is 109 Å². The Morgan fingerprint density at radius 1 is 0.553 bits per heavy atom. The highest BCUT2D eigenvalue weighted by atomic mass is 16.6. The highest BCUT2D eigenvalue weighted by molar-refractivity contribution is 6.08. The molecule has 0 radical (unpaired) electrons. The number of carbonyl (C=O) groups excluding carboxylic acids is 4. The van der Waals surface area contributed by atoms with Gasteiger partial charge in [-0.05, 0) is 90.7 Å². The van der Waals surface area contributed by atoms with Crippen LogP contribution in [0.5, 0.6) is 0 Å². The van der Waals surface area contributed by atoms with Gasteiger partial charge in [0.25, 0.3) is 0 Å². The molecule has 0 aliphatic heterocycles. The van der Waals surface area contributed by atoms with Gasteiger partial charge in [-0.15, -0.1) is 0 Å². The molecule has 0 fully saturated rings. The van der Waals surface area contributed by atoms with E-state index in [1.807, 2.05) is 42.5 Å². The summed E-state index contributed by atoms with van der Waals surface area (Å²) in [6.45, 7) is 3.49. The van der Waals surface area contributed by atoms with E-state index in [-0.39, 0.29) is 16.8 Å². The number of aryl methyl sites for hydroxylation is 2. The molecule has 378 valence electrons.